The summed E-state index contributed by atoms with van der Waals surface area (Å²) in [4.78, 5) is 24.2. The Kier molecular flexibility index (Phi) is 8.48. The normalized spacial score (nSPS) is 19.9. The average Bonchev–Trinajstić information content (AvgIpc) is 3.16. The number of benzene rings is 2. The Morgan fingerprint density at radius 2 is 2.06 bits per heavy atom. The number of carbonyl (C=O) groups excluding carboxylic acids is 2. The monoisotopic (exact) mass is 481 g/mol. The molecule has 3 unspecified atom stereocenters. The van der Waals surface area contributed by atoms with E-state index in [0.717, 1.165) is 0 Å². The minimum Gasteiger partial charge on any atom is -0.393 e. The zero-order valence-electron chi connectivity index (χ0n) is 17.6. The summed E-state index contributed by atoms with van der Waals surface area (Å²) >= 11 is 12.0. The lowest BCUT2D eigenvalue weighted by Crippen LogP contribution is -2.49. The Bertz CT molecular complexity index is 975. The van der Waals surface area contributed by atoms with Gasteiger partial charge in [0.2, 0.25) is 12.3 Å². The van der Waals surface area contributed by atoms with Crippen molar-refractivity contribution in [2.75, 3.05) is 5.32 Å². The van der Waals surface area contributed by atoms with Gasteiger partial charge in [-0.1, -0.05) is 48.3 Å². The van der Waals surface area contributed by atoms with Crippen molar-refractivity contribution in [3.63, 3.8) is 0 Å². The standard InChI is InChI=1S/C23H26Cl2FN3O3/c1-13(18-3-2-4-19(25)21(18)26)22(23(32)29-16-7-8-17(31)10-16)27-11-14-5-6-15(24)9-20(14)28-12-30/h2-6,9,12-13,16-17,22,27,31H,7-8,10-11H2,1H3,(H,28,30)(H,29,32)/t13?,16?,17?,22-/m1/s1. The van der Waals surface area contributed by atoms with Crippen LogP contribution in [0.2, 0.25) is 10.0 Å². The van der Waals surface area contributed by atoms with E-state index in [0.29, 0.717) is 47.5 Å². The first-order chi connectivity index (χ1) is 15.3. The predicted octanol–water partition coefficient (Wildman–Crippen LogP) is 3.99. The Morgan fingerprint density at radius 3 is 2.75 bits per heavy atom. The molecular formula is C23H26Cl2FN3O3. The fourth-order valence-corrected chi connectivity index (χ4v) is 4.40. The highest BCUT2D eigenvalue weighted by Gasteiger charge is 2.32. The summed E-state index contributed by atoms with van der Waals surface area (Å²) in [6.45, 7) is 1.98. The van der Waals surface area contributed by atoms with Crippen LogP contribution in [0.5, 0.6) is 0 Å². The van der Waals surface area contributed by atoms with E-state index >= 15 is 0 Å². The van der Waals surface area contributed by atoms with Crippen molar-refractivity contribution in [2.45, 2.75) is 56.8 Å². The molecule has 0 spiro atoms. The molecule has 0 saturated heterocycles. The van der Waals surface area contributed by atoms with Crippen LogP contribution in [0.15, 0.2) is 36.4 Å². The van der Waals surface area contributed by atoms with Crippen molar-refractivity contribution in [1.82, 2.24) is 10.6 Å². The maximum Gasteiger partial charge on any atom is 0.237 e. The Hall–Kier alpha value is -2.19. The summed E-state index contributed by atoms with van der Waals surface area (Å²) < 4.78 is 14.7. The van der Waals surface area contributed by atoms with Crippen LogP contribution in [0.1, 0.15) is 43.2 Å². The molecule has 1 aliphatic carbocycles. The molecule has 2 amide bonds. The van der Waals surface area contributed by atoms with Gasteiger partial charge in [0.25, 0.3) is 0 Å². The summed E-state index contributed by atoms with van der Waals surface area (Å²) in [7, 11) is 0. The van der Waals surface area contributed by atoms with Crippen LogP contribution in [0, 0.1) is 5.82 Å². The first kappa shape index (κ1) is 24.5. The first-order valence-corrected chi connectivity index (χ1v) is 11.2. The summed E-state index contributed by atoms with van der Waals surface area (Å²) in [5.74, 6) is -1.41. The highest BCUT2D eigenvalue weighted by atomic mass is 35.5. The van der Waals surface area contributed by atoms with Crippen molar-refractivity contribution >= 4 is 41.2 Å². The molecule has 6 nitrogen and oxygen atoms in total. The molecule has 9 heteroatoms. The quantitative estimate of drug-likeness (QED) is 0.407. The molecule has 1 aliphatic rings. The zero-order chi connectivity index (χ0) is 23.3. The lowest BCUT2D eigenvalue weighted by molar-refractivity contribution is -0.124. The van der Waals surface area contributed by atoms with Gasteiger partial charge < -0.3 is 21.1 Å². The molecule has 0 bridgehead atoms. The first-order valence-electron chi connectivity index (χ1n) is 10.4. The van der Waals surface area contributed by atoms with Crippen molar-refractivity contribution in [3.05, 3.63) is 63.4 Å². The van der Waals surface area contributed by atoms with Crippen molar-refractivity contribution in [2.24, 2.45) is 0 Å². The summed E-state index contributed by atoms with van der Waals surface area (Å²) in [5.41, 5.74) is 1.55. The number of carbonyl (C=O) groups is 2. The smallest absolute Gasteiger partial charge is 0.237 e. The molecule has 32 heavy (non-hydrogen) atoms. The summed E-state index contributed by atoms with van der Waals surface area (Å²) in [6, 6.07) is 8.82. The number of nitrogens with one attached hydrogen (secondary N) is 3. The summed E-state index contributed by atoms with van der Waals surface area (Å²) in [5, 5.41) is 19.0. The van der Waals surface area contributed by atoms with E-state index in [-0.39, 0.29) is 23.5 Å². The lowest BCUT2D eigenvalue weighted by atomic mass is 9.91. The second kappa shape index (κ2) is 11.1. The molecular weight excluding hydrogens is 456 g/mol. The van der Waals surface area contributed by atoms with Gasteiger partial charge in [-0.05, 0) is 48.6 Å². The SMILES string of the molecule is CC(c1cccc(Cl)c1F)[C@@H](NCc1ccc(Cl)cc1NC=O)C(=O)NC1CCC(O)C1. The van der Waals surface area contributed by atoms with Crippen LogP contribution in [0.4, 0.5) is 10.1 Å². The van der Waals surface area contributed by atoms with Gasteiger partial charge in [-0.15, -0.1) is 0 Å². The van der Waals surface area contributed by atoms with Gasteiger partial charge in [0, 0.05) is 29.2 Å². The molecule has 0 radical (unpaired) electrons. The number of aliphatic hydroxyl groups excluding tert-OH is 1. The molecule has 4 atom stereocenters. The van der Waals surface area contributed by atoms with Crippen LogP contribution in [-0.4, -0.2) is 35.6 Å². The Morgan fingerprint density at radius 1 is 1.28 bits per heavy atom. The lowest BCUT2D eigenvalue weighted by Gasteiger charge is -2.27. The van der Waals surface area contributed by atoms with Gasteiger partial charge >= 0.3 is 0 Å². The van der Waals surface area contributed by atoms with Crippen molar-refractivity contribution in [1.29, 1.82) is 0 Å². The van der Waals surface area contributed by atoms with Crippen LogP contribution >= 0.6 is 23.2 Å². The maximum absolute atomic E-state index is 14.7. The van der Waals surface area contributed by atoms with E-state index in [1.54, 1.807) is 37.3 Å². The predicted molar refractivity (Wildman–Crippen MR) is 123 cm³/mol. The van der Waals surface area contributed by atoms with Crippen LogP contribution in [-0.2, 0) is 16.1 Å². The van der Waals surface area contributed by atoms with Gasteiger partial charge in [-0.3, -0.25) is 9.59 Å². The molecule has 172 valence electrons. The number of hydrogen-bond donors (Lipinski definition) is 4. The topological polar surface area (TPSA) is 90.5 Å². The van der Waals surface area contributed by atoms with Gasteiger partial charge in [0.15, 0.2) is 0 Å². The van der Waals surface area contributed by atoms with E-state index in [2.05, 4.69) is 16.0 Å². The van der Waals surface area contributed by atoms with Gasteiger partial charge in [0.1, 0.15) is 5.82 Å². The minimum absolute atomic E-state index is 0.0115. The van der Waals surface area contributed by atoms with Crippen LogP contribution in [0.3, 0.4) is 0 Å². The molecule has 2 aromatic carbocycles. The fraction of sp³-hybridized carbons (Fsp3) is 0.391. The Balaban J connectivity index is 1.84. The molecule has 4 N–H and O–H groups in total. The van der Waals surface area contributed by atoms with Crippen LogP contribution in [0.25, 0.3) is 0 Å². The second-order valence-corrected chi connectivity index (χ2v) is 8.87. The van der Waals surface area contributed by atoms with E-state index in [1.165, 1.54) is 6.07 Å². The number of amides is 2. The van der Waals surface area contributed by atoms with Crippen molar-refractivity contribution < 1.29 is 19.1 Å². The molecule has 0 heterocycles. The summed E-state index contributed by atoms with van der Waals surface area (Å²) in [6.07, 6.45) is 1.93. The highest BCUT2D eigenvalue weighted by molar-refractivity contribution is 6.31. The van der Waals surface area contributed by atoms with Gasteiger partial charge in [-0.25, -0.2) is 4.39 Å². The average molecular weight is 482 g/mol. The largest absolute Gasteiger partial charge is 0.393 e. The minimum atomic E-state index is -0.791. The fourth-order valence-electron chi connectivity index (χ4n) is 4.05. The number of anilines is 1. The van der Waals surface area contributed by atoms with Crippen molar-refractivity contribution in [3.8, 4) is 0 Å². The number of halogens is 3. The number of rotatable bonds is 9. The molecule has 0 aliphatic heterocycles. The zero-order valence-corrected chi connectivity index (χ0v) is 19.1. The Labute approximate surface area is 196 Å². The molecule has 0 aromatic heterocycles. The highest BCUT2D eigenvalue weighted by Crippen LogP contribution is 2.28. The molecule has 2 aromatic rings. The van der Waals surface area contributed by atoms with E-state index in [4.69, 9.17) is 23.2 Å². The third kappa shape index (κ3) is 5.98. The van der Waals surface area contributed by atoms with Gasteiger partial charge in [-0.2, -0.15) is 0 Å². The van der Waals surface area contributed by atoms with Crippen LogP contribution < -0.4 is 16.0 Å². The molecule has 1 fully saturated rings. The number of hydrogen-bond acceptors (Lipinski definition) is 4. The van der Waals surface area contributed by atoms with Gasteiger partial charge in [0.05, 0.1) is 17.2 Å². The molecule has 3 rings (SSSR count). The maximum atomic E-state index is 14.7. The second-order valence-electron chi connectivity index (χ2n) is 8.03. The van der Waals surface area contributed by atoms with E-state index in [9.17, 15) is 19.1 Å². The third-order valence-electron chi connectivity index (χ3n) is 5.80. The third-order valence-corrected chi connectivity index (χ3v) is 6.33. The molecule has 1 saturated carbocycles. The van der Waals surface area contributed by atoms with E-state index in [1.807, 2.05) is 0 Å². The van der Waals surface area contributed by atoms with E-state index < -0.39 is 23.9 Å². The number of aliphatic hydroxyl groups is 1.